The number of aliphatic imine (C=N–C) groups is 1. The highest BCUT2D eigenvalue weighted by Gasteiger charge is 2.55. The van der Waals surface area contributed by atoms with Gasteiger partial charge < -0.3 is 19.3 Å². The number of carbonyl (C=O) groups is 1. The van der Waals surface area contributed by atoms with E-state index < -0.39 is 5.54 Å². The number of fused-ring (bicyclic) bond motifs is 1. The molecule has 5 rings (SSSR count). The molecule has 1 amide bonds. The van der Waals surface area contributed by atoms with Crippen LogP contribution in [-0.4, -0.2) is 63.1 Å². The van der Waals surface area contributed by atoms with E-state index in [1.165, 1.54) is 12.1 Å². The third kappa shape index (κ3) is 3.85. The molecule has 0 spiro atoms. The number of aromatic nitrogens is 2. The lowest BCUT2D eigenvalue weighted by atomic mass is 9.89. The van der Waals surface area contributed by atoms with Crippen LogP contribution < -0.4 is 4.74 Å². The zero-order chi connectivity index (χ0) is 25.4. The summed E-state index contributed by atoms with van der Waals surface area (Å²) < 4.78 is 21.1. The molecule has 186 valence electrons. The molecular weight excluding hydrogens is 461 g/mol. The summed E-state index contributed by atoms with van der Waals surface area (Å²) in [6.07, 6.45) is 6.19. The van der Waals surface area contributed by atoms with Gasteiger partial charge in [0.05, 0.1) is 38.0 Å². The molecule has 1 aromatic heterocycles. The third-order valence-corrected chi connectivity index (χ3v) is 6.64. The van der Waals surface area contributed by atoms with Crippen LogP contribution in [0, 0.1) is 12.7 Å². The molecule has 1 saturated heterocycles. The van der Waals surface area contributed by atoms with Gasteiger partial charge in [-0.3, -0.25) is 9.69 Å². The van der Waals surface area contributed by atoms with Crippen LogP contribution in [-0.2, 0) is 10.3 Å². The van der Waals surface area contributed by atoms with Crippen molar-refractivity contribution in [1.29, 1.82) is 0 Å². The lowest BCUT2D eigenvalue weighted by molar-refractivity contribution is -0.127. The van der Waals surface area contributed by atoms with Gasteiger partial charge >= 0.3 is 0 Å². The van der Waals surface area contributed by atoms with Crippen LogP contribution in [0.25, 0.3) is 11.8 Å². The van der Waals surface area contributed by atoms with Crippen LogP contribution in [0.2, 0.25) is 0 Å². The first-order chi connectivity index (χ1) is 17.4. The number of ether oxygens (including phenoxy) is 1. The number of carbonyl (C=O) groups excluding carboxylic acids is 1. The summed E-state index contributed by atoms with van der Waals surface area (Å²) in [5, 5.41) is 10.6. The van der Waals surface area contributed by atoms with E-state index in [2.05, 4.69) is 4.98 Å². The average Bonchev–Trinajstić information content (AvgIpc) is 3.55. The highest BCUT2D eigenvalue weighted by molar-refractivity contribution is 6.15. The van der Waals surface area contributed by atoms with Crippen molar-refractivity contribution < 1.29 is 19.0 Å². The van der Waals surface area contributed by atoms with Crippen molar-refractivity contribution in [3.63, 3.8) is 0 Å². The van der Waals surface area contributed by atoms with Gasteiger partial charge in [0, 0.05) is 12.7 Å². The molecule has 8 nitrogen and oxygen atoms in total. The SMILES string of the molecule is CCCN1CC(CO)(c2ccc(F)cc2)N2C(=O)/C(=C/c3ccc(-n4cnc(C)c4)c(OC)c3)N=C12. The van der Waals surface area contributed by atoms with Crippen molar-refractivity contribution in [1.82, 2.24) is 19.4 Å². The van der Waals surface area contributed by atoms with E-state index in [-0.39, 0.29) is 24.0 Å². The molecule has 0 aliphatic carbocycles. The molecule has 0 bridgehead atoms. The molecule has 2 aliphatic heterocycles. The van der Waals surface area contributed by atoms with E-state index in [0.29, 0.717) is 30.4 Å². The van der Waals surface area contributed by atoms with Crippen LogP contribution in [0.1, 0.15) is 30.2 Å². The summed E-state index contributed by atoms with van der Waals surface area (Å²) in [6, 6.07) is 11.6. The number of aliphatic hydroxyl groups is 1. The molecule has 2 aromatic carbocycles. The number of amides is 1. The van der Waals surface area contributed by atoms with Gasteiger partial charge in [0.1, 0.15) is 22.8 Å². The number of aliphatic hydroxyl groups excluding tert-OH is 1. The summed E-state index contributed by atoms with van der Waals surface area (Å²) >= 11 is 0. The van der Waals surface area contributed by atoms with E-state index in [0.717, 1.165) is 23.4 Å². The molecule has 0 radical (unpaired) electrons. The molecular formula is C27H28FN5O3. The molecule has 1 atom stereocenters. The van der Waals surface area contributed by atoms with E-state index in [1.807, 2.05) is 47.7 Å². The maximum absolute atomic E-state index is 13.7. The molecule has 3 heterocycles. The van der Waals surface area contributed by atoms with Gasteiger partial charge in [-0.1, -0.05) is 25.1 Å². The largest absolute Gasteiger partial charge is 0.495 e. The maximum atomic E-state index is 13.7. The summed E-state index contributed by atoms with van der Waals surface area (Å²) in [7, 11) is 1.59. The van der Waals surface area contributed by atoms with Gasteiger partial charge in [0.25, 0.3) is 5.91 Å². The van der Waals surface area contributed by atoms with Gasteiger partial charge in [-0.05, 0) is 54.8 Å². The first-order valence-electron chi connectivity index (χ1n) is 11.9. The van der Waals surface area contributed by atoms with Crippen molar-refractivity contribution in [3.8, 4) is 11.4 Å². The van der Waals surface area contributed by atoms with Gasteiger partial charge in [0.2, 0.25) is 5.96 Å². The number of rotatable bonds is 7. The Morgan fingerprint density at radius 2 is 2.00 bits per heavy atom. The predicted octanol–water partition coefficient (Wildman–Crippen LogP) is 3.48. The Morgan fingerprint density at radius 1 is 1.22 bits per heavy atom. The number of guanidine groups is 1. The second kappa shape index (κ2) is 9.23. The summed E-state index contributed by atoms with van der Waals surface area (Å²) in [6.45, 7) is 4.70. The number of hydrogen-bond donors (Lipinski definition) is 1. The fourth-order valence-corrected chi connectivity index (χ4v) is 4.91. The second-order valence-electron chi connectivity index (χ2n) is 9.05. The highest BCUT2D eigenvalue weighted by Crippen LogP contribution is 2.41. The van der Waals surface area contributed by atoms with Crippen molar-refractivity contribution >= 4 is 17.9 Å². The Morgan fingerprint density at radius 3 is 2.64 bits per heavy atom. The number of hydrogen-bond acceptors (Lipinski definition) is 6. The zero-order valence-electron chi connectivity index (χ0n) is 20.5. The number of benzene rings is 2. The summed E-state index contributed by atoms with van der Waals surface area (Å²) in [5.41, 5.74) is 2.35. The minimum atomic E-state index is -1.05. The van der Waals surface area contributed by atoms with Gasteiger partial charge in [0.15, 0.2) is 0 Å². The van der Waals surface area contributed by atoms with E-state index in [9.17, 15) is 14.3 Å². The second-order valence-corrected chi connectivity index (χ2v) is 9.05. The Hall–Kier alpha value is -3.98. The summed E-state index contributed by atoms with van der Waals surface area (Å²) in [4.78, 5) is 26.2. The first kappa shape index (κ1) is 23.7. The number of nitrogens with zero attached hydrogens (tertiary/aromatic N) is 5. The molecule has 36 heavy (non-hydrogen) atoms. The van der Waals surface area contributed by atoms with Crippen molar-refractivity contribution in [2.24, 2.45) is 4.99 Å². The molecule has 1 N–H and O–H groups in total. The third-order valence-electron chi connectivity index (χ3n) is 6.64. The standard InChI is InChI=1S/C27H28FN5O3/c1-4-11-31-15-27(16-34,20-6-8-21(28)9-7-20)33-25(35)22(30-26(31)33)12-19-5-10-23(24(13-19)36-3)32-14-18(2)29-17-32/h5-10,12-14,17,34H,4,11,15-16H2,1-3H3/b22-12-. The minimum absolute atomic E-state index is 0.263. The monoisotopic (exact) mass is 489 g/mol. The minimum Gasteiger partial charge on any atom is -0.495 e. The molecule has 1 fully saturated rings. The normalized spacial score (nSPS) is 20.3. The van der Waals surface area contributed by atoms with Crippen LogP contribution in [0.15, 0.2) is 65.7 Å². The molecule has 0 saturated carbocycles. The Labute approximate surface area is 209 Å². The zero-order valence-corrected chi connectivity index (χ0v) is 20.5. The van der Waals surface area contributed by atoms with Gasteiger partial charge in [-0.25, -0.2) is 14.4 Å². The van der Waals surface area contributed by atoms with Crippen molar-refractivity contribution in [3.05, 3.63) is 83.3 Å². The maximum Gasteiger partial charge on any atom is 0.280 e. The van der Waals surface area contributed by atoms with Crippen molar-refractivity contribution in [2.75, 3.05) is 26.8 Å². The smallest absolute Gasteiger partial charge is 0.280 e. The molecule has 9 heteroatoms. The topological polar surface area (TPSA) is 83.2 Å². The lowest BCUT2D eigenvalue weighted by Crippen LogP contribution is -2.49. The number of imidazole rings is 1. The quantitative estimate of drug-likeness (QED) is 0.514. The molecule has 2 aliphatic rings. The Bertz CT molecular complexity index is 1360. The van der Waals surface area contributed by atoms with Gasteiger partial charge in [-0.2, -0.15) is 0 Å². The fourth-order valence-electron chi connectivity index (χ4n) is 4.91. The number of aryl methyl sites for hydroxylation is 1. The van der Waals surface area contributed by atoms with Crippen molar-refractivity contribution in [2.45, 2.75) is 25.8 Å². The van der Waals surface area contributed by atoms with Crippen LogP contribution >= 0.6 is 0 Å². The fraction of sp³-hybridized carbons (Fsp3) is 0.296. The number of halogens is 1. The Kier molecular flexibility index (Phi) is 6.09. The van der Waals surface area contributed by atoms with Crippen LogP contribution in [0.3, 0.4) is 0 Å². The molecule has 1 unspecified atom stereocenters. The van der Waals surface area contributed by atoms with Crippen LogP contribution in [0.4, 0.5) is 4.39 Å². The average molecular weight is 490 g/mol. The summed E-state index contributed by atoms with van der Waals surface area (Å²) in [5.74, 6) is 0.448. The predicted molar refractivity (Wildman–Crippen MR) is 134 cm³/mol. The van der Waals surface area contributed by atoms with Gasteiger partial charge in [-0.15, -0.1) is 0 Å². The first-order valence-corrected chi connectivity index (χ1v) is 11.9. The highest BCUT2D eigenvalue weighted by atomic mass is 19.1. The van der Waals surface area contributed by atoms with Crippen LogP contribution in [0.5, 0.6) is 5.75 Å². The Balaban J connectivity index is 1.54. The van der Waals surface area contributed by atoms with E-state index >= 15 is 0 Å². The lowest BCUT2D eigenvalue weighted by Gasteiger charge is -2.33. The molecule has 3 aromatic rings. The van der Waals surface area contributed by atoms with E-state index in [1.54, 1.807) is 36.5 Å². The number of methoxy groups -OCH3 is 1. The van der Waals surface area contributed by atoms with E-state index in [4.69, 9.17) is 9.73 Å².